The van der Waals surface area contributed by atoms with Gasteiger partial charge in [0.05, 0.1) is 29.0 Å². The van der Waals surface area contributed by atoms with Gasteiger partial charge in [-0.2, -0.15) is 0 Å². The van der Waals surface area contributed by atoms with Crippen LogP contribution in [-0.4, -0.2) is 63.8 Å². The normalized spacial score (nSPS) is 13.5. The van der Waals surface area contributed by atoms with Gasteiger partial charge in [0.15, 0.2) is 5.11 Å². The van der Waals surface area contributed by atoms with Crippen molar-refractivity contribution in [3.05, 3.63) is 78.9 Å². The first kappa shape index (κ1) is 23.7. The van der Waals surface area contributed by atoms with Gasteiger partial charge >= 0.3 is 6.09 Å². The van der Waals surface area contributed by atoms with Gasteiger partial charge in [-0.3, -0.25) is 0 Å². The number of hydrogen-bond donors (Lipinski definition) is 1. The number of anilines is 1. The number of aromatic nitrogens is 2. The molecule has 36 heavy (non-hydrogen) atoms. The third kappa shape index (κ3) is 5.13. The standard InChI is InChI=1S/C28H27N5O2S/c1-2-35-28(34)33-17-15-32(16-18-33)27(36)29-22-13-14-23-24(19-22)31-26(21-11-7-4-8-12-21)25(30-23)20-9-5-3-6-10-20/h3-14,19H,2,15-18H2,1H3,(H,29,36). The molecule has 1 N–H and O–H groups in total. The van der Waals surface area contributed by atoms with E-state index in [0.717, 1.165) is 39.2 Å². The highest BCUT2D eigenvalue weighted by Crippen LogP contribution is 2.31. The Hall–Kier alpha value is -4.04. The third-order valence-corrected chi connectivity index (χ3v) is 6.46. The fourth-order valence-corrected chi connectivity index (χ4v) is 4.54. The summed E-state index contributed by atoms with van der Waals surface area (Å²) in [6, 6.07) is 26.1. The quantitative estimate of drug-likeness (QED) is 0.377. The van der Waals surface area contributed by atoms with Gasteiger partial charge in [-0.05, 0) is 37.3 Å². The number of carbonyl (C=O) groups excluding carboxylic acids is 1. The van der Waals surface area contributed by atoms with Crippen molar-refractivity contribution in [1.82, 2.24) is 19.8 Å². The van der Waals surface area contributed by atoms with Gasteiger partial charge in [-0.25, -0.2) is 14.8 Å². The van der Waals surface area contributed by atoms with Gasteiger partial charge in [0.1, 0.15) is 0 Å². The maximum Gasteiger partial charge on any atom is 0.409 e. The van der Waals surface area contributed by atoms with Crippen LogP contribution in [0.15, 0.2) is 78.9 Å². The lowest BCUT2D eigenvalue weighted by Gasteiger charge is -2.35. The molecule has 1 aliphatic rings. The highest BCUT2D eigenvalue weighted by molar-refractivity contribution is 7.80. The molecule has 3 aromatic carbocycles. The predicted molar refractivity (Wildman–Crippen MR) is 147 cm³/mol. The lowest BCUT2D eigenvalue weighted by atomic mass is 10.0. The van der Waals surface area contributed by atoms with E-state index in [9.17, 15) is 4.79 Å². The zero-order chi connectivity index (χ0) is 24.9. The van der Waals surface area contributed by atoms with Gasteiger partial charge in [-0.1, -0.05) is 60.7 Å². The van der Waals surface area contributed by atoms with E-state index < -0.39 is 0 Å². The number of benzene rings is 3. The minimum atomic E-state index is -0.270. The number of carbonyl (C=O) groups is 1. The van der Waals surface area contributed by atoms with Crippen molar-refractivity contribution >= 4 is 40.1 Å². The van der Waals surface area contributed by atoms with Crippen LogP contribution in [-0.2, 0) is 4.74 Å². The largest absolute Gasteiger partial charge is 0.450 e. The van der Waals surface area contributed by atoms with Crippen molar-refractivity contribution < 1.29 is 9.53 Å². The molecule has 1 aromatic heterocycles. The molecule has 1 aliphatic heterocycles. The number of ether oxygens (including phenoxy) is 1. The van der Waals surface area contributed by atoms with Crippen LogP contribution in [0.5, 0.6) is 0 Å². The Morgan fingerprint density at radius 2 is 1.39 bits per heavy atom. The predicted octanol–water partition coefficient (Wildman–Crippen LogP) is 5.43. The Bertz CT molecular complexity index is 1370. The minimum Gasteiger partial charge on any atom is -0.450 e. The molecule has 0 unspecified atom stereocenters. The van der Waals surface area contributed by atoms with Crippen LogP contribution in [0, 0.1) is 0 Å². The highest BCUT2D eigenvalue weighted by Gasteiger charge is 2.23. The number of amides is 1. The number of thiocarbonyl (C=S) groups is 1. The minimum absolute atomic E-state index is 0.270. The molecule has 0 atom stereocenters. The van der Waals surface area contributed by atoms with E-state index in [1.54, 1.807) is 4.90 Å². The van der Waals surface area contributed by atoms with Crippen LogP contribution in [0.25, 0.3) is 33.5 Å². The number of piperazine rings is 1. The van der Waals surface area contributed by atoms with Crippen molar-refractivity contribution in [3.63, 3.8) is 0 Å². The van der Waals surface area contributed by atoms with E-state index >= 15 is 0 Å². The van der Waals surface area contributed by atoms with Crippen molar-refractivity contribution in [2.24, 2.45) is 0 Å². The van der Waals surface area contributed by atoms with Crippen LogP contribution < -0.4 is 5.32 Å². The second kappa shape index (κ2) is 10.7. The van der Waals surface area contributed by atoms with Crippen LogP contribution in [0.1, 0.15) is 6.92 Å². The van der Waals surface area contributed by atoms with Crippen LogP contribution in [0.4, 0.5) is 10.5 Å². The summed E-state index contributed by atoms with van der Waals surface area (Å²) >= 11 is 5.67. The van der Waals surface area contributed by atoms with E-state index in [2.05, 4.69) is 34.5 Å². The molecule has 1 fully saturated rings. The monoisotopic (exact) mass is 497 g/mol. The molecule has 8 heteroatoms. The molecule has 2 heterocycles. The summed E-state index contributed by atoms with van der Waals surface area (Å²) in [5.74, 6) is 0. The lowest BCUT2D eigenvalue weighted by molar-refractivity contribution is 0.0923. The summed E-state index contributed by atoms with van der Waals surface area (Å²) in [6.07, 6.45) is -0.270. The first-order valence-electron chi connectivity index (χ1n) is 12.0. The van der Waals surface area contributed by atoms with Crippen LogP contribution in [0.2, 0.25) is 0 Å². The number of hydrogen-bond acceptors (Lipinski definition) is 5. The average Bonchev–Trinajstić information content (AvgIpc) is 2.93. The topological polar surface area (TPSA) is 70.6 Å². The second-order valence-corrected chi connectivity index (χ2v) is 8.85. The third-order valence-electron chi connectivity index (χ3n) is 6.10. The SMILES string of the molecule is CCOC(=O)N1CCN(C(=S)Nc2ccc3nc(-c4ccccc4)c(-c4ccccc4)nc3c2)CC1. The summed E-state index contributed by atoms with van der Waals surface area (Å²) in [5.41, 5.74) is 6.17. The summed E-state index contributed by atoms with van der Waals surface area (Å²) in [7, 11) is 0. The molecule has 0 bridgehead atoms. The van der Waals surface area contributed by atoms with Gasteiger partial charge in [0, 0.05) is 43.0 Å². The van der Waals surface area contributed by atoms with E-state index in [1.807, 2.05) is 61.5 Å². The van der Waals surface area contributed by atoms with E-state index in [4.69, 9.17) is 26.9 Å². The Kier molecular flexibility index (Phi) is 7.04. The molecule has 0 radical (unpaired) electrons. The van der Waals surface area contributed by atoms with E-state index in [-0.39, 0.29) is 6.09 Å². The molecular formula is C28H27N5O2S. The lowest BCUT2D eigenvalue weighted by Crippen LogP contribution is -2.51. The summed E-state index contributed by atoms with van der Waals surface area (Å²) < 4.78 is 5.10. The number of rotatable bonds is 4. The number of fused-ring (bicyclic) bond motifs is 1. The van der Waals surface area contributed by atoms with Gasteiger partial charge in [0.25, 0.3) is 0 Å². The average molecular weight is 498 g/mol. The molecule has 0 aliphatic carbocycles. The number of nitrogens with zero attached hydrogens (tertiary/aromatic N) is 4. The van der Waals surface area contributed by atoms with Gasteiger partial charge in [0.2, 0.25) is 0 Å². The molecule has 7 nitrogen and oxygen atoms in total. The van der Waals surface area contributed by atoms with Crippen molar-refractivity contribution in [2.45, 2.75) is 6.92 Å². The molecule has 0 saturated carbocycles. The van der Waals surface area contributed by atoms with Gasteiger partial charge < -0.3 is 19.9 Å². The smallest absolute Gasteiger partial charge is 0.409 e. The molecule has 0 spiro atoms. The molecule has 1 amide bonds. The Labute approximate surface area is 215 Å². The van der Waals surface area contributed by atoms with Gasteiger partial charge in [-0.15, -0.1) is 0 Å². The first-order valence-corrected chi connectivity index (χ1v) is 12.4. The van der Waals surface area contributed by atoms with E-state index in [0.29, 0.717) is 37.9 Å². The Morgan fingerprint density at radius 1 is 0.833 bits per heavy atom. The molecule has 182 valence electrons. The first-order chi connectivity index (χ1) is 17.6. The Morgan fingerprint density at radius 3 is 1.97 bits per heavy atom. The van der Waals surface area contributed by atoms with Crippen molar-refractivity contribution in [1.29, 1.82) is 0 Å². The maximum atomic E-state index is 12.0. The summed E-state index contributed by atoms with van der Waals surface area (Å²) in [6.45, 7) is 4.64. The summed E-state index contributed by atoms with van der Waals surface area (Å²) in [5, 5.41) is 3.95. The van der Waals surface area contributed by atoms with Crippen molar-refractivity contribution in [2.75, 3.05) is 38.1 Å². The molecule has 1 saturated heterocycles. The molecule has 4 aromatic rings. The maximum absolute atomic E-state index is 12.0. The number of nitrogens with one attached hydrogen (secondary N) is 1. The highest BCUT2D eigenvalue weighted by atomic mass is 32.1. The zero-order valence-corrected chi connectivity index (χ0v) is 20.9. The van der Waals surface area contributed by atoms with Crippen LogP contribution >= 0.6 is 12.2 Å². The van der Waals surface area contributed by atoms with Crippen LogP contribution in [0.3, 0.4) is 0 Å². The fraction of sp³-hybridized carbons (Fsp3) is 0.214. The van der Waals surface area contributed by atoms with E-state index in [1.165, 1.54) is 0 Å². The zero-order valence-electron chi connectivity index (χ0n) is 20.1. The molecule has 5 rings (SSSR count). The fourth-order valence-electron chi connectivity index (χ4n) is 4.24. The summed E-state index contributed by atoms with van der Waals surface area (Å²) in [4.78, 5) is 25.8. The van der Waals surface area contributed by atoms with Crippen molar-refractivity contribution in [3.8, 4) is 22.5 Å². The molecular weight excluding hydrogens is 470 g/mol. The second-order valence-electron chi connectivity index (χ2n) is 8.46. The Balaban J connectivity index is 1.39.